The molecule has 1 aliphatic rings. The Morgan fingerprint density at radius 1 is 1.38 bits per heavy atom. The molecule has 0 unspecified atom stereocenters. The first kappa shape index (κ1) is 11.5. The van der Waals surface area contributed by atoms with Gasteiger partial charge in [0.2, 0.25) is 0 Å². The summed E-state index contributed by atoms with van der Waals surface area (Å²) in [6, 6.07) is 6.42. The van der Waals surface area contributed by atoms with Crippen molar-refractivity contribution in [2.24, 2.45) is 5.92 Å². The van der Waals surface area contributed by atoms with E-state index in [4.69, 9.17) is 4.74 Å². The van der Waals surface area contributed by atoms with Crippen molar-refractivity contribution in [3.05, 3.63) is 29.3 Å². The van der Waals surface area contributed by atoms with Gasteiger partial charge in [0.05, 0.1) is 6.61 Å². The molecule has 2 nitrogen and oxygen atoms in total. The van der Waals surface area contributed by atoms with Gasteiger partial charge in [-0.25, -0.2) is 0 Å². The van der Waals surface area contributed by atoms with Crippen molar-refractivity contribution < 1.29 is 4.74 Å². The Hall–Kier alpha value is -1.02. The molecule has 0 saturated carbocycles. The van der Waals surface area contributed by atoms with E-state index in [1.807, 2.05) is 0 Å². The minimum atomic E-state index is 0.585. The molecular weight excluding hydrogens is 198 g/mol. The van der Waals surface area contributed by atoms with Crippen LogP contribution in [-0.2, 0) is 13.0 Å². The first-order valence-corrected chi connectivity index (χ1v) is 6.09. The highest BCUT2D eigenvalue weighted by molar-refractivity contribution is 5.41. The predicted octanol–water partition coefficient (Wildman–Crippen LogP) is 2.71. The zero-order valence-corrected chi connectivity index (χ0v) is 10.5. The minimum absolute atomic E-state index is 0.585. The molecule has 0 bridgehead atoms. The summed E-state index contributed by atoms with van der Waals surface area (Å²) >= 11 is 0. The van der Waals surface area contributed by atoms with E-state index in [1.165, 1.54) is 11.1 Å². The Balaban J connectivity index is 2.16. The van der Waals surface area contributed by atoms with Crippen LogP contribution in [0.3, 0.4) is 0 Å². The minimum Gasteiger partial charge on any atom is -0.493 e. The number of benzene rings is 1. The fraction of sp³-hybridized carbons (Fsp3) is 0.571. The molecule has 1 heterocycles. The third kappa shape index (κ3) is 2.56. The molecule has 0 aromatic heterocycles. The summed E-state index contributed by atoms with van der Waals surface area (Å²) in [5.41, 5.74) is 2.84. The molecular formula is C14H21NO. The average molecular weight is 219 g/mol. The summed E-state index contributed by atoms with van der Waals surface area (Å²) in [5.74, 6) is 1.68. The quantitative estimate of drug-likeness (QED) is 0.775. The molecule has 2 heteroatoms. The fourth-order valence-electron chi connectivity index (χ4n) is 2.11. The maximum Gasteiger partial charge on any atom is 0.122 e. The molecule has 0 spiro atoms. The monoisotopic (exact) mass is 219 g/mol. The lowest BCUT2D eigenvalue weighted by Crippen LogP contribution is -2.27. The number of rotatable bonds is 3. The van der Waals surface area contributed by atoms with Gasteiger partial charge in [-0.1, -0.05) is 26.0 Å². The van der Waals surface area contributed by atoms with Crippen molar-refractivity contribution in [1.29, 1.82) is 0 Å². The van der Waals surface area contributed by atoms with E-state index >= 15 is 0 Å². The lowest BCUT2D eigenvalue weighted by atomic mass is 9.99. The molecule has 0 radical (unpaired) electrons. The third-order valence-electron chi connectivity index (χ3n) is 2.99. The summed E-state index contributed by atoms with van der Waals surface area (Å²) < 4.78 is 5.88. The second-order valence-electron chi connectivity index (χ2n) is 5.09. The summed E-state index contributed by atoms with van der Waals surface area (Å²) in [6.07, 6.45) is 1.11. The largest absolute Gasteiger partial charge is 0.493 e. The van der Waals surface area contributed by atoms with E-state index < -0.39 is 0 Å². The van der Waals surface area contributed by atoms with Crippen LogP contribution in [0.1, 0.15) is 25.0 Å². The maximum absolute atomic E-state index is 5.88. The lowest BCUT2D eigenvalue weighted by molar-refractivity contribution is 0.260. The van der Waals surface area contributed by atoms with Gasteiger partial charge in [-0.15, -0.1) is 0 Å². The zero-order chi connectivity index (χ0) is 11.5. The number of hydrogen-bond acceptors (Lipinski definition) is 2. The van der Waals surface area contributed by atoms with Crippen molar-refractivity contribution in [1.82, 2.24) is 4.90 Å². The normalized spacial score (nSPS) is 16.2. The van der Waals surface area contributed by atoms with Crippen LogP contribution < -0.4 is 4.74 Å². The van der Waals surface area contributed by atoms with Crippen molar-refractivity contribution in [3.63, 3.8) is 0 Å². The molecule has 0 amide bonds. The highest BCUT2D eigenvalue weighted by atomic mass is 16.5. The lowest BCUT2D eigenvalue weighted by Gasteiger charge is -2.26. The molecule has 1 aliphatic heterocycles. The summed E-state index contributed by atoms with van der Waals surface area (Å²) in [4.78, 5) is 2.36. The maximum atomic E-state index is 5.88. The van der Waals surface area contributed by atoms with Crippen LogP contribution >= 0.6 is 0 Å². The second-order valence-corrected chi connectivity index (χ2v) is 5.09. The zero-order valence-electron chi connectivity index (χ0n) is 10.5. The van der Waals surface area contributed by atoms with E-state index in [1.54, 1.807) is 0 Å². The number of fused-ring (bicyclic) bond motifs is 1. The summed E-state index contributed by atoms with van der Waals surface area (Å²) in [7, 11) is 2.17. The van der Waals surface area contributed by atoms with Crippen LogP contribution in [0.4, 0.5) is 0 Å². The molecule has 0 N–H and O–H groups in total. The molecule has 16 heavy (non-hydrogen) atoms. The molecule has 0 atom stereocenters. The molecule has 0 saturated heterocycles. The van der Waals surface area contributed by atoms with Gasteiger partial charge in [0.15, 0.2) is 0 Å². The second kappa shape index (κ2) is 4.88. The van der Waals surface area contributed by atoms with Gasteiger partial charge in [-0.3, -0.25) is 0 Å². The molecule has 1 aromatic carbocycles. The summed E-state index contributed by atoms with van der Waals surface area (Å²) in [6.45, 7) is 7.36. The Kier molecular flexibility index (Phi) is 3.49. The average Bonchev–Trinajstić information content (AvgIpc) is 2.25. The standard InChI is InChI=1S/C14H21NO/c1-11(2)10-16-14-6-4-5-12-9-15(3)8-7-13(12)14/h4-6,11H,7-10H2,1-3H3. The van der Waals surface area contributed by atoms with E-state index in [9.17, 15) is 0 Å². The van der Waals surface area contributed by atoms with Gasteiger partial charge in [-0.2, -0.15) is 0 Å². The van der Waals surface area contributed by atoms with Gasteiger partial charge in [0.1, 0.15) is 5.75 Å². The van der Waals surface area contributed by atoms with Crippen LogP contribution in [0.2, 0.25) is 0 Å². The van der Waals surface area contributed by atoms with Crippen molar-refractivity contribution in [3.8, 4) is 5.75 Å². The van der Waals surface area contributed by atoms with Gasteiger partial charge >= 0.3 is 0 Å². The fourth-order valence-corrected chi connectivity index (χ4v) is 2.11. The topological polar surface area (TPSA) is 12.5 Å². The first-order valence-electron chi connectivity index (χ1n) is 6.09. The number of ether oxygens (including phenoxy) is 1. The van der Waals surface area contributed by atoms with E-state index in [0.29, 0.717) is 5.92 Å². The van der Waals surface area contributed by atoms with Crippen molar-refractivity contribution >= 4 is 0 Å². The van der Waals surface area contributed by atoms with Crippen molar-refractivity contribution in [2.45, 2.75) is 26.8 Å². The van der Waals surface area contributed by atoms with Crippen LogP contribution in [0.25, 0.3) is 0 Å². The van der Waals surface area contributed by atoms with E-state index in [0.717, 1.165) is 31.9 Å². The Labute approximate surface area is 98.2 Å². The SMILES string of the molecule is CC(C)COc1cccc2c1CCN(C)C2. The Morgan fingerprint density at radius 3 is 2.94 bits per heavy atom. The number of likely N-dealkylation sites (N-methyl/N-ethyl adjacent to an activating group) is 1. The number of hydrogen-bond donors (Lipinski definition) is 0. The van der Waals surface area contributed by atoms with Gasteiger partial charge in [0.25, 0.3) is 0 Å². The van der Waals surface area contributed by atoms with E-state index in [2.05, 4.69) is 44.0 Å². The smallest absolute Gasteiger partial charge is 0.122 e. The molecule has 0 fully saturated rings. The third-order valence-corrected chi connectivity index (χ3v) is 2.99. The Morgan fingerprint density at radius 2 is 2.19 bits per heavy atom. The molecule has 88 valence electrons. The van der Waals surface area contributed by atoms with Gasteiger partial charge in [-0.05, 0) is 36.6 Å². The number of nitrogens with zero attached hydrogens (tertiary/aromatic N) is 1. The van der Waals surface area contributed by atoms with Gasteiger partial charge < -0.3 is 9.64 Å². The van der Waals surface area contributed by atoms with Crippen molar-refractivity contribution in [2.75, 3.05) is 20.2 Å². The highest BCUT2D eigenvalue weighted by Gasteiger charge is 2.16. The molecule has 0 aliphatic carbocycles. The predicted molar refractivity (Wildman–Crippen MR) is 66.8 cm³/mol. The van der Waals surface area contributed by atoms with Crippen LogP contribution in [0, 0.1) is 5.92 Å². The highest BCUT2D eigenvalue weighted by Crippen LogP contribution is 2.27. The van der Waals surface area contributed by atoms with Gasteiger partial charge in [0, 0.05) is 13.1 Å². The van der Waals surface area contributed by atoms with Crippen LogP contribution in [-0.4, -0.2) is 25.1 Å². The Bertz CT molecular complexity index is 360. The summed E-state index contributed by atoms with van der Waals surface area (Å²) in [5, 5.41) is 0. The van der Waals surface area contributed by atoms with E-state index in [-0.39, 0.29) is 0 Å². The van der Waals surface area contributed by atoms with Crippen LogP contribution in [0.15, 0.2) is 18.2 Å². The molecule has 2 rings (SSSR count). The molecule has 1 aromatic rings. The first-order chi connectivity index (χ1) is 7.66. The van der Waals surface area contributed by atoms with Crippen LogP contribution in [0.5, 0.6) is 5.75 Å².